The molecule has 0 bridgehead atoms. The molecule has 430 valence electrons. The molecule has 0 aromatic carbocycles. The molecule has 0 amide bonds. The number of rotatable bonds is 57. The van der Waals surface area contributed by atoms with Crippen molar-refractivity contribution in [1.82, 2.24) is 0 Å². The van der Waals surface area contributed by atoms with Gasteiger partial charge < -0.3 is 14.2 Å². The van der Waals surface area contributed by atoms with E-state index in [-0.39, 0.29) is 37.5 Å². The van der Waals surface area contributed by atoms with Crippen LogP contribution in [-0.2, 0) is 28.6 Å². The van der Waals surface area contributed by atoms with Gasteiger partial charge in [-0.05, 0) is 122 Å². The smallest absolute Gasteiger partial charge is 0.306 e. The van der Waals surface area contributed by atoms with E-state index >= 15 is 0 Å². The molecule has 0 aliphatic carbocycles. The van der Waals surface area contributed by atoms with Crippen LogP contribution in [0.2, 0.25) is 0 Å². The van der Waals surface area contributed by atoms with Gasteiger partial charge in [-0.3, -0.25) is 14.4 Å². The third kappa shape index (κ3) is 61.1. The van der Waals surface area contributed by atoms with E-state index in [1.165, 1.54) is 154 Å². The maximum Gasteiger partial charge on any atom is 0.306 e. The van der Waals surface area contributed by atoms with Gasteiger partial charge in [0, 0.05) is 19.3 Å². The molecule has 0 aromatic rings. The molecular formula is C69H118O6. The van der Waals surface area contributed by atoms with Crippen molar-refractivity contribution >= 4 is 17.9 Å². The lowest BCUT2D eigenvalue weighted by Crippen LogP contribution is -2.30. The fourth-order valence-electron chi connectivity index (χ4n) is 8.79. The molecular weight excluding hydrogens is 925 g/mol. The number of esters is 3. The molecule has 0 aromatic heterocycles. The Morgan fingerprint density at radius 1 is 0.280 bits per heavy atom. The van der Waals surface area contributed by atoms with Crippen molar-refractivity contribution in [2.24, 2.45) is 0 Å². The molecule has 0 rings (SSSR count). The Morgan fingerprint density at radius 3 is 0.867 bits per heavy atom. The number of hydrogen-bond acceptors (Lipinski definition) is 6. The highest BCUT2D eigenvalue weighted by Crippen LogP contribution is 2.16. The largest absolute Gasteiger partial charge is 0.462 e. The zero-order valence-electron chi connectivity index (χ0n) is 49.3. The van der Waals surface area contributed by atoms with Gasteiger partial charge in [0.15, 0.2) is 6.10 Å². The van der Waals surface area contributed by atoms with E-state index in [2.05, 4.69) is 118 Å². The van der Waals surface area contributed by atoms with Crippen LogP contribution in [0.5, 0.6) is 0 Å². The predicted molar refractivity (Wildman–Crippen MR) is 325 cm³/mol. The van der Waals surface area contributed by atoms with Gasteiger partial charge in [-0.2, -0.15) is 0 Å². The third-order valence-corrected chi connectivity index (χ3v) is 13.5. The van der Waals surface area contributed by atoms with E-state index in [9.17, 15) is 14.4 Å². The molecule has 75 heavy (non-hydrogen) atoms. The highest BCUT2D eigenvalue weighted by molar-refractivity contribution is 5.71. The second-order valence-corrected chi connectivity index (χ2v) is 20.9. The Labute approximate surface area is 464 Å². The van der Waals surface area contributed by atoms with Crippen molar-refractivity contribution in [3.05, 3.63) is 97.2 Å². The summed E-state index contributed by atoms with van der Waals surface area (Å²) >= 11 is 0. The normalized spacial score (nSPS) is 12.7. The van der Waals surface area contributed by atoms with Crippen molar-refractivity contribution < 1.29 is 28.6 Å². The van der Waals surface area contributed by atoms with E-state index in [0.717, 1.165) is 103 Å². The maximum absolute atomic E-state index is 12.9. The number of carbonyl (C=O) groups is 3. The molecule has 0 saturated carbocycles. The van der Waals surface area contributed by atoms with Gasteiger partial charge in [-0.15, -0.1) is 0 Å². The minimum absolute atomic E-state index is 0.0976. The van der Waals surface area contributed by atoms with Crippen LogP contribution in [0.25, 0.3) is 0 Å². The van der Waals surface area contributed by atoms with E-state index in [4.69, 9.17) is 14.2 Å². The summed E-state index contributed by atoms with van der Waals surface area (Å²) in [4.78, 5) is 38.3. The maximum atomic E-state index is 12.9. The SMILES string of the molecule is CC/C=C\C/C=C\C/C=C\C/C=C\C/C=C\C/C=C\CCCCC(=O)OC(COC(=O)CCCCCCC/C=C\CCCCCC)COC(=O)CCCCCCCCCCCCC/C=C\CCCCCCCCCC. The fourth-order valence-corrected chi connectivity index (χ4v) is 8.79. The van der Waals surface area contributed by atoms with Crippen LogP contribution < -0.4 is 0 Å². The molecule has 0 aliphatic rings. The first kappa shape index (κ1) is 71.3. The lowest BCUT2D eigenvalue weighted by atomic mass is 10.0. The van der Waals surface area contributed by atoms with Crippen molar-refractivity contribution in [1.29, 1.82) is 0 Å². The van der Waals surface area contributed by atoms with Gasteiger partial charge in [0.2, 0.25) is 0 Å². The Morgan fingerprint density at radius 2 is 0.520 bits per heavy atom. The van der Waals surface area contributed by atoms with Gasteiger partial charge in [-0.25, -0.2) is 0 Å². The Balaban J connectivity index is 4.40. The standard InChI is InChI=1S/C69H118O6/c1-4-7-10-13-16-19-22-25-27-29-31-33-34-36-37-39-41-44-47-50-53-56-59-62-68(71)74-65-66(64-73-67(70)61-58-55-52-49-46-43-24-21-18-15-12-9-6-3)75-69(72)63-60-57-54-51-48-45-42-40-38-35-32-30-28-26-23-20-17-14-11-8-5-2/h8,11,17,20-21,24,26,28-29,31-32,35,40,42,48,51,66H,4-7,9-10,12-16,18-19,22-23,25,27,30,33-34,36-39,41,43-47,49-50,52-65H2,1-3H3/b11-8-,20-17-,24-21-,28-26-,31-29-,35-32-,42-40-,51-48-. The van der Waals surface area contributed by atoms with Crippen molar-refractivity contribution in [2.45, 2.75) is 309 Å². The topological polar surface area (TPSA) is 78.9 Å². The zero-order valence-corrected chi connectivity index (χ0v) is 49.3. The minimum atomic E-state index is -0.806. The Kier molecular flexibility index (Phi) is 59.8. The average molecular weight is 1040 g/mol. The lowest BCUT2D eigenvalue weighted by molar-refractivity contribution is -0.167. The molecule has 0 heterocycles. The molecule has 0 saturated heterocycles. The van der Waals surface area contributed by atoms with Crippen LogP contribution >= 0.6 is 0 Å². The Hall–Kier alpha value is -3.67. The number of hydrogen-bond donors (Lipinski definition) is 0. The van der Waals surface area contributed by atoms with Gasteiger partial charge >= 0.3 is 17.9 Å². The molecule has 6 nitrogen and oxygen atoms in total. The molecule has 0 spiro atoms. The summed E-state index contributed by atoms with van der Waals surface area (Å²) in [5, 5.41) is 0. The molecule has 0 N–H and O–H groups in total. The molecule has 1 atom stereocenters. The second kappa shape index (κ2) is 62.9. The number of allylic oxidation sites excluding steroid dienone is 16. The summed E-state index contributed by atoms with van der Waals surface area (Å²) in [5.41, 5.74) is 0. The summed E-state index contributed by atoms with van der Waals surface area (Å²) in [6.45, 7) is 6.49. The fraction of sp³-hybridized carbons (Fsp3) is 0.725. The highest BCUT2D eigenvalue weighted by Gasteiger charge is 2.19. The van der Waals surface area contributed by atoms with Crippen LogP contribution in [-0.4, -0.2) is 37.2 Å². The van der Waals surface area contributed by atoms with Crippen LogP contribution in [0.1, 0.15) is 303 Å². The van der Waals surface area contributed by atoms with Gasteiger partial charge in [0.25, 0.3) is 0 Å². The average Bonchev–Trinajstić information content (AvgIpc) is 3.41. The molecule has 0 aliphatic heterocycles. The van der Waals surface area contributed by atoms with E-state index in [0.29, 0.717) is 19.3 Å². The highest BCUT2D eigenvalue weighted by atomic mass is 16.6. The third-order valence-electron chi connectivity index (χ3n) is 13.5. The summed E-state index contributed by atoms with van der Waals surface area (Å²) in [6.07, 6.45) is 84.1. The molecule has 0 fully saturated rings. The first-order valence-electron chi connectivity index (χ1n) is 31.7. The van der Waals surface area contributed by atoms with Crippen molar-refractivity contribution in [3.63, 3.8) is 0 Å². The van der Waals surface area contributed by atoms with E-state index in [1.54, 1.807) is 0 Å². The van der Waals surface area contributed by atoms with E-state index < -0.39 is 6.10 Å². The first-order valence-corrected chi connectivity index (χ1v) is 31.7. The van der Waals surface area contributed by atoms with Gasteiger partial charge in [0.05, 0.1) is 0 Å². The first-order chi connectivity index (χ1) is 37.0. The van der Waals surface area contributed by atoms with Crippen LogP contribution in [0.4, 0.5) is 0 Å². The van der Waals surface area contributed by atoms with Crippen LogP contribution in [0.15, 0.2) is 97.2 Å². The van der Waals surface area contributed by atoms with Gasteiger partial charge in [-0.1, -0.05) is 259 Å². The number of unbranched alkanes of at least 4 members (excludes halogenated alkanes) is 30. The summed E-state index contributed by atoms with van der Waals surface area (Å²) in [5.74, 6) is -0.943. The summed E-state index contributed by atoms with van der Waals surface area (Å²) in [7, 11) is 0. The lowest BCUT2D eigenvalue weighted by Gasteiger charge is -2.18. The summed E-state index contributed by atoms with van der Waals surface area (Å²) < 4.78 is 16.9. The minimum Gasteiger partial charge on any atom is -0.462 e. The van der Waals surface area contributed by atoms with Crippen molar-refractivity contribution in [3.8, 4) is 0 Å². The number of carbonyl (C=O) groups excluding carboxylic acids is 3. The molecule has 0 radical (unpaired) electrons. The van der Waals surface area contributed by atoms with Crippen LogP contribution in [0.3, 0.4) is 0 Å². The van der Waals surface area contributed by atoms with Gasteiger partial charge in [0.1, 0.15) is 13.2 Å². The molecule has 6 heteroatoms. The number of ether oxygens (including phenoxy) is 3. The Bertz CT molecular complexity index is 1480. The van der Waals surface area contributed by atoms with Crippen molar-refractivity contribution in [2.75, 3.05) is 13.2 Å². The monoisotopic (exact) mass is 1040 g/mol. The molecule has 1 unspecified atom stereocenters. The van der Waals surface area contributed by atoms with E-state index in [1.807, 2.05) is 0 Å². The summed E-state index contributed by atoms with van der Waals surface area (Å²) in [6, 6.07) is 0. The van der Waals surface area contributed by atoms with Crippen LogP contribution in [0, 0.1) is 0 Å². The quantitative estimate of drug-likeness (QED) is 0.0261. The predicted octanol–water partition coefficient (Wildman–Crippen LogP) is 21.7. The second-order valence-electron chi connectivity index (χ2n) is 20.9. The zero-order chi connectivity index (χ0) is 54.3.